The number of pyridine rings is 1. The summed E-state index contributed by atoms with van der Waals surface area (Å²) >= 11 is 0. The molecule has 2 aromatic carbocycles. The molecule has 0 unspecified atom stereocenters. The van der Waals surface area contributed by atoms with Gasteiger partial charge in [-0.25, -0.2) is 9.97 Å². The fraction of sp³-hybridized carbons (Fsp3) is 0.214. The van der Waals surface area contributed by atoms with Gasteiger partial charge in [0.25, 0.3) is 0 Å². The first-order valence-electron chi connectivity index (χ1n) is 12.2. The Morgan fingerprint density at radius 1 is 1.26 bits per heavy atom. The van der Waals surface area contributed by atoms with Crippen LogP contribution < -0.4 is 20.3 Å². The van der Waals surface area contributed by atoms with Crippen LogP contribution in [-0.4, -0.2) is 65.5 Å². The molecular weight excluding hydrogens is 484 g/mol. The number of morpholine rings is 1. The summed E-state index contributed by atoms with van der Waals surface area (Å²) in [6.45, 7) is 5.37. The van der Waals surface area contributed by atoms with E-state index in [-0.39, 0.29) is 18.6 Å². The Kier molecular flexibility index (Phi) is 7.43. The van der Waals surface area contributed by atoms with Gasteiger partial charge in [-0.1, -0.05) is 24.8 Å². The molecule has 1 saturated heterocycles. The zero-order valence-electron chi connectivity index (χ0n) is 20.9. The molecule has 0 aliphatic carbocycles. The zero-order chi connectivity index (χ0) is 26.5. The second-order valence-electron chi connectivity index (χ2n) is 8.69. The van der Waals surface area contributed by atoms with Gasteiger partial charge in [0.05, 0.1) is 43.3 Å². The maximum atomic E-state index is 11.7. The minimum Gasteiger partial charge on any atom is -0.494 e. The number of benzene rings is 2. The van der Waals surface area contributed by atoms with E-state index in [9.17, 15) is 9.90 Å². The van der Waals surface area contributed by atoms with Crippen LogP contribution in [0.1, 0.15) is 0 Å². The van der Waals surface area contributed by atoms with Crippen molar-refractivity contribution in [3.05, 3.63) is 73.6 Å². The normalized spacial score (nSPS) is 15.2. The first-order chi connectivity index (χ1) is 18.6. The molecule has 194 valence electrons. The van der Waals surface area contributed by atoms with Crippen LogP contribution in [0.25, 0.3) is 22.2 Å². The van der Waals surface area contributed by atoms with Crippen LogP contribution in [0.15, 0.2) is 73.6 Å². The highest BCUT2D eigenvalue weighted by molar-refractivity contribution is 5.99. The highest BCUT2D eigenvalue weighted by Gasteiger charge is 2.21. The molecule has 0 saturated carbocycles. The van der Waals surface area contributed by atoms with E-state index < -0.39 is 0 Å². The van der Waals surface area contributed by atoms with E-state index >= 15 is 0 Å². The van der Waals surface area contributed by atoms with E-state index in [2.05, 4.69) is 32.1 Å². The minimum atomic E-state index is -0.296. The van der Waals surface area contributed by atoms with E-state index in [1.807, 2.05) is 36.4 Å². The third-order valence-electron chi connectivity index (χ3n) is 6.24. The number of methoxy groups -OCH3 is 1. The molecule has 0 bridgehead atoms. The molecule has 1 amide bonds. The van der Waals surface area contributed by atoms with Gasteiger partial charge in [0.2, 0.25) is 11.9 Å². The monoisotopic (exact) mass is 512 g/mol. The number of rotatable bonds is 8. The SMILES string of the molecule is C=CC(=O)Nc1ccnc(-c2cccc3cnc(Nc4ccc(N5CCO[C@H](CO)C5)cc4OC)nc23)c1. The molecule has 3 N–H and O–H groups in total. The lowest BCUT2D eigenvalue weighted by Crippen LogP contribution is -2.44. The second-order valence-corrected chi connectivity index (χ2v) is 8.69. The summed E-state index contributed by atoms with van der Waals surface area (Å²) in [7, 11) is 1.61. The van der Waals surface area contributed by atoms with Crippen LogP contribution in [0.2, 0.25) is 0 Å². The lowest BCUT2D eigenvalue weighted by Gasteiger charge is -2.34. The van der Waals surface area contributed by atoms with Crippen molar-refractivity contribution in [1.82, 2.24) is 15.0 Å². The standard InChI is InChI=1S/C28H28N6O4/c1-3-26(36)31-19-9-10-29-24(13-19)22-6-4-5-18-15-30-28(33-27(18)22)32-23-8-7-20(14-25(23)37-2)34-11-12-38-21(16-34)17-35/h3-10,13-15,21,35H,1,11-12,16-17H2,2H3,(H,29,31,36)(H,30,32,33)/t21-/m0/s1. The largest absolute Gasteiger partial charge is 0.494 e. The molecule has 2 aromatic heterocycles. The Balaban J connectivity index is 1.44. The van der Waals surface area contributed by atoms with Crippen molar-refractivity contribution in [1.29, 1.82) is 0 Å². The summed E-state index contributed by atoms with van der Waals surface area (Å²) in [6.07, 6.45) is 4.40. The lowest BCUT2D eigenvalue weighted by atomic mass is 10.1. The summed E-state index contributed by atoms with van der Waals surface area (Å²) < 4.78 is 11.2. The Bertz CT molecular complexity index is 1480. The van der Waals surface area contributed by atoms with E-state index in [4.69, 9.17) is 14.5 Å². The number of nitrogens with one attached hydrogen (secondary N) is 2. The number of carbonyl (C=O) groups is 1. The van der Waals surface area contributed by atoms with Gasteiger partial charge in [0, 0.05) is 53.9 Å². The van der Waals surface area contributed by atoms with Crippen molar-refractivity contribution in [2.24, 2.45) is 0 Å². The van der Waals surface area contributed by atoms with Crippen molar-refractivity contribution in [3.8, 4) is 17.0 Å². The van der Waals surface area contributed by atoms with Gasteiger partial charge >= 0.3 is 0 Å². The smallest absolute Gasteiger partial charge is 0.247 e. The van der Waals surface area contributed by atoms with Gasteiger partial charge in [-0.15, -0.1) is 0 Å². The number of aliphatic hydroxyl groups is 1. The number of para-hydroxylation sites is 1. The van der Waals surface area contributed by atoms with Crippen molar-refractivity contribution >= 4 is 39.8 Å². The first kappa shape index (κ1) is 25.1. The van der Waals surface area contributed by atoms with E-state index in [0.29, 0.717) is 47.4 Å². The highest BCUT2D eigenvalue weighted by Crippen LogP contribution is 2.33. The number of nitrogens with zero attached hydrogens (tertiary/aromatic N) is 4. The molecule has 1 aliphatic heterocycles. The lowest BCUT2D eigenvalue weighted by molar-refractivity contribution is -0.111. The first-order valence-corrected chi connectivity index (χ1v) is 12.2. The van der Waals surface area contributed by atoms with E-state index in [1.54, 1.807) is 31.6 Å². The summed E-state index contributed by atoms with van der Waals surface area (Å²) in [6, 6.07) is 15.1. The van der Waals surface area contributed by atoms with Crippen LogP contribution in [0.4, 0.5) is 23.0 Å². The number of fused-ring (bicyclic) bond motifs is 1. The molecule has 10 heteroatoms. The molecule has 38 heavy (non-hydrogen) atoms. The average molecular weight is 513 g/mol. The average Bonchev–Trinajstić information content (AvgIpc) is 2.97. The molecule has 0 radical (unpaired) electrons. The van der Waals surface area contributed by atoms with Crippen molar-refractivity contribution in [2.75, 3.05) is 48.9 Å². The quantitative estimate of drug-likeness (QED) is 0.303. The van der Waals surface area contributed by atoms with Crippen LogP contribution in [0.5, 0.6) is 5.75 Å². The third kappa shape index (κ3) is 5.41. The summed E-state index contributed by atoms with van der Waals surface area (Å²) in [5, 5.41) is 16.3. The van der Waals surface area contributed by atoms with Crippen LogP contribution in [0.3, 0.4) is 0 Å². The van der Waals surface area contributed by atoms with Gasteiger partial charge in [-0.3, -0.25) is 9.78 Å². The Hall–Kier alpha value is -4.54. The maximum Gasteiger partial charge on any atom is 0.247 e. The summed E-state index contributed by atoms with van der Waals surface area (Å²) in [4.78, 5) is 27.7. The Morgan fingerprint density at radius 3 is 2.97 bits per heavy atom. The van der Waals surface area contributed by atoms with Gasteiger partial charge in [0.15, 0.2) is 0 Å². The molecule has 0 spiro atoms. The van der Waals surface area contributed by atoms with Gasteiger partial charge in [0.1, 0.15) is 5.75 Å². The van der Waals surface area contributed by atoms with Crippen molar-refractivity contribution in [3.63, 3.8) is 0 Å². The number of ether oxygens (including phenoxy) is 2. The predicted octanol–water partition coefficient (Wildman–Crippen LogP) is 3.77. The number of amides is 1. The summed E-state index contributed by atoms with van der Waals surface area (Å²) in [5.74, 6) is 0.744. The van der Waals surface area contributed by atoms with Gasteiger partial charge in [-0.05, 0) is 30.3 Å². The number of aliphatic hydroxyl groups excluding tert-OH is 1. The van der Waals surface area contributed by atoms with E-state index in [1.165, 1.54) is 6.08 Å². The van der Waals surface area contributed by atoms with Crippen LogP contribution in [-0.2, 0) is 9.53 Å². The second kappa shape index (κ2) is 11.2. The molecule has 1 fully saturated rings. The van der Waals surface area contributed by atoms with Gasteiger partial charge < -0.3 is 30.1 Å². The molecule has 3 heterocycles. The fourth-order valence-electron chi connectivity index (χ4n) is 4.34. The van der Waals surface area contributed by atoms with Crippen molar-refractivity contribution < 1.29 is 19.4 Å². The molecule has 1 aliphatic rings. The van der Waals surface area contributed by atoms with Crippen LogP contribution >= 0.6 is 0 Å². The maximum absolute atomic E-state index is 11.7. The number of carbonyl (C=O) groups excluding carboxylic acids is 1. The predicted molar refractivity (Wildman–Crippen MR) is 147 cm³/mol. The minimum absolute atomic E-state index is 0.0160. The number of hydrogen-bond acceptors (Lipinski definition) is 9. The summed E-state index contributed by atoms with van der Waals surface area (Å²) in [5.41, 5.74) is 4.48. The van der Waals surface area contributed by atoms with Crippen LogP contribution in [0, 0.1) is 0 Å². The van der Waals surface area contributed by atoms with E-state index in [0.717, 1.165) is 23.2 Å². The number of hydrogen-bond donors (Lipinski definition) is 3. The zero-order valence-corrected chi connectivity index (χ0v) is 20.9. The molecule has 1 atom stereocenters. The highest BCUT2D eigenvalue weighted by atomic mass is 16.5. The fourth-order valence-corrected chi connectivity index (χ4v) is 4.34. The molecule has 10 nitrogen and oxygen atoms in total. The van der Waals surface area contributed by atoms with Crippen molar-refractivity contribution in [2.45, 2.75) is 6.10 Å². The third-order valence-corrected chi connectivity index (χ3v) is 6.24. The topological polar surface area (TPSA) is 122 Å². The van der Waals surface area contributed by atoms with Gasteiger partial charge in [-0.2, -0.15) is 0 Å². The number of aromatic nitrogens is 3. The Morgan fingerprint density at radius 2 is 2.16 bits per heavy atom. The molecule has 5 rings (SSSR count). The molecule has 4 aromatic rings. The number of anilines is 4. The molecular formula is C28H28N6O4. The Labute approximate surface area is 220 Å².